The van der Waals surface area contributed by atoms with Crippen LogP contribution in [0, 0.1) is 0 Å². The van der Waals surface area contributed by atoms with Gasteiger partial charge in [-0.05, 0) is 159 Å². The molecule has 0 bridgehead atoms. The molecular formula is C92H54N4O2. The molecule has 6 nitrogen and oxygen atoms in total. The number of hydrogen-bond donors (Lipinski definition) is 0. The molecule has 0 saturated carbocycles. The molecule has 0 radical (unpaired) electrons. The van der Waals surface area contributed by atoms with E-state index in [1.54, 1.807) is 0 Å². The van der Waals surface area contributed by atoms with E-state index in [9.17, 15) is 0 Å². The highest BCUT2D eigenvalue weighted by molar-refractivity contribution is 6.28. The Morgan fingerprint density at radius 3 is 1.26 bits per heavy atom. The second-order valence-corrected chi connectivity index (χ2v) is 26.2. The lowest BCUT2D eigenvalue weighted by atomic mass is 9.90. The summed E-state index contributed by atoms with van der Waals surface area (Å²) >= 11 is 0. The van der Waals surface area contributed by atoms with Crippen LogP contribution in [0.1, 0.15) is 0 Å². The molecule has 0 fully saturated rings. The maximum atomic E-state index is 7.31. The minimum Gasteiger partial charge on any atom is -0.456 e. The van der Waals surface area contributed by atoms with Crippen molar-refractivity contribution in [2.24, 2.45) is 0 Å². The summed E-state index contributed by atoms with van der Waals surface area (Å²) in [6.07, 6.45) is 0. The van der Waals surface area contributed by atoms with Crippen molar-refractivity contribution in [3.63, 3.8) is 0 Å². The Hall–Kier alpha value is -13.2. The first kappa shape index (κ1) is 53.2. The molecule has 0 aliphatic rings. The van der Waals surface area contributed by atoms with Crippen LogP contribution in [0.2, 0.25) is 0 Å². The number of rotatable bonds is 7. The van der Waals surface area contributed by atoms with Crippen molar-refractivity contribution in [2.45, 2.75) is 0 Å². The van der Waals surface area contributed by atoms with Crippen LogP contribution >= 0.6 is 0 Å². The molecule has 0 atom stereocenters. The van der Waals surface area contributed by atoms with Gasteiger partial charge in [0.15, 0.2) is 0 Å². The van der Waals surface area contributed by atoms with E-state index in [2.05, 4.69) is 334 Å². The third-order valence-electron chi connectivity index (χ3n) is 21.1. The van der Waals surface area contributed by atoms with E-state index >= 15 is 0 Å². The zero-order valence-corrected chi connectivity index (χ0v) is 52.8. The molecule has 0 saturated heterocycles. The summed E-state index contributed by atoms with van der Waals surface area (Å²) in [7, 11) is 0. The Morgan fingerprint density at radius 2 is 0.622 bits per heavy atom. The molecule has 6 aromatic heterocycles. The Labute approximate surface area is 560 Å². The SMILES string of the molecule is c1ccc2cc(-c3cccc4c3oc3cc(-n5c6ccccc6c6c5ccc5c7ccccc7n(-c7ccc(-c8cccc9ccccc89)cc7)c56)ccc34)c(-c3ccc(-n4c5ccccc5c5ccc6c(c7ccccc7n6-c6ccc7oc8ccccc8c7c6)c54)cc3)cc2c1. The maximum Gasteiger partial charge on any atom is 0.143 e. The summed E-state index contributed by atoms with van der Waals surface area (Å²) in [5, 5.41) is 18.9. The van der Waals surface area contributed by atoms with Crippen molar-refractivity contribution in [2.75, 3.05) is 0 Å². The third kappa shape index (κ3) is 7.51. The van der Waals surface area contributed by atoms with Gasteiger partial charge in [0.05, 0.1) is 44.1 Å². The smallest absolute Gasteiger partial charge is 0.143 e. The summed E-state index contributed by atoms with van der Waals surface area (Å²) in [6.45, 7) is 0. The number of aromatic nitrogens is 4. The Balaban J connectivity index is 0.682. The lowest BCUT2D eigenvalue weighted by molar-refractivity contribution is 0.668. The van der Waals surface area contributed by atoms with Crippen LogP contribution in [0.4, 0.5) is 0 Å². The highest BCUT2D eigenvalue weighted by Crippen LogP contribution is 2.48. The zero-order valence-electron chi connectivity index (χ0n) is 52.8. The molecular weight excluding hydrogens is 1190 g/mol. The van der Waals surface area contributed by atoms with E-state index in [4.69, 9.17) is 8.83 Å². The van der Waals surface area contributed by atoms with Gasteiger partial charge in [-0.2, -0.15) is 0 Å². The van der Waals surface area contributed by atoms with Crippen molar-refractivity contribution in [1.29, 1.82) is 0 Å². The van der Waals surface area contributed by atoms with Gasteiger partial charge in [0.2, 0.25) is 0 Å². The van der Waals surface area contributed by atoms with Crippen LogP contribution in [-0.2, 0) is 0 Å². The van der Waals surface area contributed by atoms with Crippen LogP contribution in [-0.4, -0.2) is 18.3 Å². The molecule has 6 heteroatoms. The Kier molecular flexibility index (Phi) is 11.0. The molecule has 16 aromatic carbocycles. The van der Waals surface area contributed by atoms with Gasteiger partial charge in [-0.15, -0.1) is 0 Å². The van der Waals surface area contributed by atoms with Crippen LogP contribution in [0.5, 0.6) is 0 Å². The number of benzene rings is 16. The molecule has 454 valence electrons. The summed E-state index contributed by atoms with van der Waals surface area (Å²) in [4.78, 5) is 0. The van der Waals surface area contributed by atoms with Gasteiger partial charge in [0.1, 0.15) is 22.3 Å². The molecule has 22 aromatic rings. The average Bonchev–Trinajstić information content (AvgIpc) is 1.55. The van der Waals surface area contributed by atoms with E-state index in [0.29, 0.717) is 0 Å². The van der Waals surface area contributed by atoms with Crippen LogP contribution in [0.25, 0.3) is 209 Å². The fourth-order valence-corrected chi connectivity index (χ4v) is 16.9. The number of nitrogens with zero attached hydrogens (tertiary/aromatic N) is 4. The van der Waals surface area contributed by atoms with Crippen LogP contribution in [0.3, 0.4) is 0 Å². The monoisotopic (exact) mass is 1250 g/mol. The minimum absolute atomic E-state index is 0.833. The van der Waals surface area contributed by atoms with Gasteiger partial charge in [-0.3, -0.25) is 0 Å². The van der Waals surface area contributed by atoms with Gasteiger partial charge in [-0.25, -0.2) is 0 Å². The second kappa shape index (κ2) is 20.2. The van der Waals surface area contributed by atoms with E-state index in [-0.39, 0.29) is 0 Å². The lowest BCUT2D eigenvalue weighted by Crippen LogP contribution is -1.96. The van der Waals surface area contributed by atoms with E-state index < -0.39 is 0 Å². The number of hydrogen-bond acceptors (Lipinski definition) is 2. The van der Waals surface area contributed by atoms with Gasteiger partial charge < -0.3 is 27.1 Å². The highest BCUT2D eigenvalue weighted by atomic mass is 16.3. The van der Waals surface area contributed by atoms with Crippen molar-refractivity contribution in [3.8, 4) is 56.1 Å². The second-order valence-electron chi connectivity index (χ2n) is 26.2. The van der Waals surface area contributed by atoms with Crippen LogP contribution < -0.4 is 0 Å². The molecule has 0 N–H and O–H groups in total. The van der Waals surface area contributed by atoms with Crippen molar-refractivity contribution in [3.05, 3.63) is 328 Å². The number of fused-ring (bicyclic) bond motifs is 22. The first-order valence-corrected chi connectivity index (χ1v) is 33.6. The highest BCUT2D eigenvalue weighted by Gasteiger charge is 2.26. The van der Waals surface area contributed by atoms with Crippen molar-refractivity contribution < 1.29 is 8.83 Å². The van der Waals surface area contributed by atoms with E-state index in [1.807, 2.05) is 12.1 Å². The van der Waals surface area contributed by atoms with E-state index in [0.717, 1.165) is 116 Å². The zero-order chi connectivity index (χ0) is 63.8. The van der Waals surface area contributed by atoms with Crippen molar-refractivity contribution >= 4 is 153 Å². The Bertz CT molecular complexity index is 7160. The first-order valence-electron chi connectivity index (χ1n) is 33.6. The predicted molar refractivity (Wildman–Crippen MR) is 410 cm³/mol. The molecule has 0 spiro atoms. The number of para-hydroxylation sites is 6. The molecule has 6 heterocycles. The quantitative estimate of drug-likeness (QED) is 0.160. The molecule has 0 unspecified atom stereocenters. The number of furan rings is 2. The average molecular weight is 1250 g/mol. The summed E-state index contributed by atoms with van der Waals surface area (Å²) in [6, 6.07) is 120. The minimum atomic E-state index is 0.833. The lowest BCUT2D eigenvalue weighted by Gasteiger charge is -2.15. The van der Waals surface area contributed by atoms with Gasteiger partial charge in [0.25, 0.3) is 0 Å². The fraction of sp³-hybridized carbons (Fsp3) is 0. The van der Waals surface area contributed by atoms with Gasteiger partial charge in [-0.1, -0.05) is 212 Å². The normalized spacial score (nSPS) is 12.3. The summed E-state index contributed by atoms with van der Waals surface area (Å²) in [5.74, 6) is 0. The van der Waals surface area contributed by atoms with Gasteiger partial charge in [0, 0.05) is 99.0 Å². The fourth-order valence-electron chi connectivity index (χ4n) is 16.9. The van der Waals surface area contributed by atoms with Gasteiger partial charge >= 0.3 is 0 Å². The van der Waals surface area contributed by atoms with Crippen molar-refractivity contribution in [1.82, 2.24) is 18.3 Å². The predicted octanol–water partition coefficient (Wildman–Crippen LogP) is 25.2. The largest absolute Gasteiger partial charge is 0.456 e. The molecule has 22 rings (SSSR count). The molecule has 98 heavy (non-hydrogen) atoms. The topological polar surface area (TPSA) is 46.0 Å². The Morgan fingerprint density at radius 1 is 0.194 bits per heavy atom. The molecule has 0 aliphatic carbocycles. The van der Waals surface area contributed by atoms with E-state index in [1.165, 1.54) is 92.3 Å². The maximum absolute atomic E-state index is 7.31. The third-order valence-corrected chi connectivity index (χ3v) is 21.1. The first-order chi connectivity index (χ1) is 48.6. The molecule has 0 aliphatic heterocycles. The summed E-state index contributed by atoms with van der Waals surface area (Å²) in [5.41, 5.74) is 23.9. The summed E-state index contributed by atoms with van der Waals surface area (Å²) < 4.78 is 23.4. The van der Waals surface area contributed by atoms with Crippen LogP contribution in [0.15, 0.2) is 336 Å². The molecule has 0 amide bonds. The standard InChI is InChI=1S/C92H54N4O2/c1-2-19-59-52-77(76(51-58(59)18-1)57-37-41-61(42-38-57)96-80-31-11-6-22-66(80)70-46-48-83-88(90(70)96)74-25-7-12-32-81(74)93(83)62-44-50-86-78(53-62)68-24-9-14-34-85(68)97-86)73-29-16-28-72-69-45-43-63(54-87(69)98-92(72)73)94-82-33-13-8-26-75(82)89-84(94)49-47-71-67-23-5-10-30-79(67)95(91(71)89)60-39-35-56(36-40-60)65-27-15-20-55-17-3-4-21-64(55)65/h1-54H.